The molecule has 0 radical (unpaired) electrons. The predicted octanol–water partition coefficient (Wildman–Crippen LogP) is 5.99. The molecule has 0 spiro atoms. The summed E-state index contributed by atoms with van der Waals surface area (Å²) in [5, 5.41) is 5.10. The highest BCUT2D eigenvalue weighted by atomic mass is 19.4. The fraction of sp³-hybridized carbons (Fsp3) is 0.276. The molecule has 5 rings (SSSR count). The summed E-state index contributed by atoms with van der Waals surface area (Å²) in [6.07, 6.45) is -0.847. The van der Waals surface area contributed by atoms with Crippen molar-refractivity contribution < 1.29 is 27.1 Å². The number of nitrogens with zero attached hydrogens (tertiary/aromatic N) is 5. The van der Waals surface area contributed by atoms with Gasteiger partial charge in [0.2, 0.25) is 11.8 Å². The number of hydrogen-bond acceptors (Lipinski definition) is 8. The lowest BCUT2D eigenvalue weighted by molar-refractivity contribution is -0.137. The summed E-state index contributed by atoms with van der Waals surface area (Å²) < 4.78 is 63.7. The number of carbonyl (C=O) groups is 1. The van der Waals surface area contributed by atoms with Crippen LogP contribution in [-0.4, -0.2) is 57.9 Å². The van der Waals surface area contributed by atoms with E-state index in [0.717, 1.165) is 12.1 Å². The van der Waals surface area contributed by atoms with Gasteiger partial charge in [0.1, 0.15) is 17.9 Å². The third kappa shape index (κ3) is 6.30. The number of benzene rings is 2. The molecule has 13 heteroatoms. The Balaban J connectivity index is 1.43. The molecule has 2 aromatic carbocycles. The zero-order valence-corrected chi connectivity index (χ0v) is 22.7. The monoisotopic (exact) mass is 581 g/mol. The second-order valence-electron chi connectivity index (χ2n) is 9.78. The van der Waals surface area contributed by atoms with Gasteiger partial charge in [0, 0.05) is 13.2 Å². The standard InChI is InChI=1S/C29H27F4N7O2/c1-34-28-37-16-36-25(39-28)20-6-4-12-35-27(20)42-18-8-9-22(30)21(15-18)26(41)38-23-7-3-5-19(24(23)29(31,32)33)17-10-13-40(2)14-11-17/h3-9,12,15-17H,10-11,13-14H2,1-2H3,(H,38,41)(H,34,36,37,39). The highest BCUT2D eigenvalue weighted by molar-refractivity contribution is 6.05. The number of pyridine rings is 1. The van der Waals surface area contributed by atoms with Crippen molar-refractivity contribution in [1.29, 1.82) is 0 Å². The summed E-state index contributed by atoms with van der Waals surface area (Å²) in [6, 6.07) is 10.8. The number of halogens is 4. The van der Waals surface area contributed by atoms with Crippen molar-refractivity contribution in [3.8, 4) is 23.0 Å². The number of hydrogen-bond donors (Lipinski definition) is 2. The molecule has 9 nitrogen and oxygen atoms in total. The smallest absolute Gasteiger partial charge is 0.418 e. The molecule has 1 fully saturated rings. The molecule has 0 bridgehead atoms. The van der Waals surface area contributed by atoms with Crippen LogP contribution < -0.4 is 15.4 Å². The van der Waals surface area contributed by atoms with Crippen LogP contribution in [0.25, 0.3) is 11.4 Å². The van der Waals surface area contributed by atoms with Crippen LogP contribution in [0.1, 0.15) is 40.2 Å². The van der Waals surface area contributed by atoms with E-state index in [2.05, 4.69) is 35.5 Å². The number of amides is 1. The van der Waals surface area contributed by atoms with Gasteiger partial charge in [-0.1, -0.05) is 12.1 Å². The second kappa shape index (κ2) is 12.1. The molecular formula is C29H27F4N7O2. The zero-order valence-electron chi connectivity index (χ0n) is 22.7. The maximum Gasteiger partial charge on any atom is 0.418 e. The quantitative estimate of drug-likeness (QED) is 0.257. The second-order valence-corrected chi connectivity index (χ2v) is 9.78. The molecule has 42 heavy (non-hydrogen) atoms. The Morgan fingerprint density at radius 1 is 1.05 bits per heavy atom. The number of likely N-dealkylation sites (tertiary alicyclic amines) is 1. The van der Waals surface area contributed by atoms with E-state index >= 15 is 0 Å². The lowest BCUT2D eigenvalue weighted by Crippen LogP contribution is -2.30. The van der Waals surface area contributed by atoms with Crippen LogP contribution in [0, 0.1) is 5.82 Å². The summed E-state index contributed by atoms with van der Waals surface area (Å²) in [7, 11) is 3.57. The van der Waals surface area contributed by atoms with Crippen LogP contribution >= 0.6 is 0 Å². The van der Waals surface area contributed by atoms with Crippen LogP contribution in [0.15, 0.2) is 61.1 Å². The van der Waals surface area contributed by atoms with Crippen LogP contribution in [0.2, 0.25) is 0 Å². The molecule has 1 saturated heterocycles. The lowest BCUT2D eigenvalue weighted by atomic mass is 9.85. The summed E-state index contributed by atoms with van der Waals surface area (Å²) in [6.45, 7) is 1.33. The number of piperidine rings is 1. The van der Waals surface area contributed by atoms with Gasteiger partial charge in [-0.15, -0.1) is 0 Å². The van der Waals surface area contributed by atoms with Crippen molar-refractivity contribution in [2.45, 2.75) is 24.9 Å². The Labute approximate surface area is 239 Å². The average molecular weight is 582 g/mol. The Hall–Kier alpha value is -4.65. The Morgan fingerprint density at radius 3 is 2.57 bits per heavy atom. The molecule has 2 N–H and O–H groups in total. The molecule has 4 aromatic rings. The third-order valence-electron chi connectivity index (χ3n) is 6.99. The minimum Gasteiger partial charge on any atom is -0.438 e. The van der Waals surface area contributed by atoms with Gasteiger partial charge in [-0.2, -0.15) is 18.2 Å². The van der Waals surface area contributed by atoms with E-state index in [9.17, 15) is 22.4 Å². The number of carbonyl (C=O) groups excluding carboxylic acids is 1. The third-order valence-corrected chi connectivity index (χ3v) is 6.99. The number of anilines is 2. The fourth-order valence-electron chi connectivity index (χ4n) is 4.88. The van der Waals surface area contributed by atoms with Gasteiger partial charge in [-0.3, -0.25) is 4.79 Å². The maximum absolute atomic E-state index is 14.8. The molecular weight excluding hydrogens is 554 g/mol. The van der Waals surface area contributed by atoms with Crippen LogP contribution in [-0.2, 0) is 6.18 Å². The normalized spacial score (nSPS) is 14.4. The van der Waals surface area contributed by atoms with Gasteiger partial charge < -0.3 is 20.3 Å². The van der Waals surface area contributed by atoms with Gasteiger partial charge in [0.15, 0.2) is 5.82 Å². The van der Waals surface area contributed by atoms with Gasteiger partial charge in [-0.25, -0.2) is 19.3 Å². The van der Waals surface area contributed by atoms with Gasteiger partial charge >= 0.3 is 6.18 Å². The molecule has 3 heterocycles. The average Bonchev–Trinajstić information content (AvgIpc) is 2.98. The Morgan fingerprint density at radius 2 is 1.83 bits per heavy atom. The Bertz CT molecular complexity index is 1590. The minimum absolute atomic E-state index is 0.0283. The number of rotatable bonds is 7. The molecule has 1 aliphatic rings. The van der Waals surface area contributed by atoms with Crippen molar-refractivity contribution >= 4 is 17.5 Å². The van der Waals surface area contributed by atoms with Crippen LogP contribution in [0.5, 0.6) is 11.6 Å². The van der Waals surface area contributed by atoms with Crippen LogP contribution in [0.3, 0.4) is 0 Å². The van der Waals surface area contributed by atoms with Crippen LogP contribution in [0.4, 0.5) is 29.2 Å². The SMILES string of the molecule is CNc1ncnc(-c2cccnc2Oc2ccc(F)c(C(=O)Nc3cccc(C4CCN(C)CC4)c3C(F)(F)F)c2)n1. The van der Waals surface area contributed by atoms with Crippen molar-refractivity contribution in [3.05, 3.63) is 83.6 Å². The van der Waals surface area contributed by atoms with Gasteiger partial charge in [0.25, 0.3) is 5.91 Å². The maximum atomic E-state index is 14.8. The molecule has 0 saturated carbocycles. The predicted molar refractivity (Wildman–Crippen MR) is 148 cm³/mol. The molecule has 2 aromatic heterocycles. The number of ether oxygens (including phenoxy) is 1. The fourth-order valence-corrected chi connectivity index (χ4v) is 4.88. The first-order valence-corrected chi connectivity index (χ1v) is 13.1. The van der Waals surface area contributed by atoms with Crippen molar-refractivity contribution in [1.82, 2.24) is 24.8 Å². The number of aromatic nitrogens is 4. The zero-order chi connectivity index (χ0) is 29.9. The molecule has 1 amide bonds. The van der Waals surface area contributed by atoms with Crippen molar-refractivity contribution in [2.24, 2.45) is 0 Å². The molecule has 0 aliphatic carbocycles. The number of alkyl halides is 3. The van der Waals surface area contributed by atoms with Crippen molar-refractivity contribution in [3.63, 3.8) is 0 Å². The van der Waals surface area contributed by atoms with Crippen molar-refractivity contribution in [2.75, 3.05) is 37.8 Å². The molecule has 1 aliphatic heterocycles. The first-order valence-electron chi connectivity index (χ1n) is 13.1. The van der Waals surface area contributed by atoms with E-state index in [1.165, 1.54) is 36.8 Å². The van der Waals surface area contributed by atoms with E-state index < -0.39 is 34.7 Å². The highest BCUT2D eigenvalue weighted by Crippen LogP contribution is 2.43. The first-order chi connectivity index (χ1) is 20.1. The van der Waals surface area contributed by atoms with E-state index in [4.69, 9.17) is 4.74 Å². The molecule has 0 unspecified atom stereocenters. The van der Waals surface area contributed by atoms with E-state index in [1.54, 1.807) is 19.2 Å². The van der Waals surface area contributed by atoms with E-state index in [1.807, 2.05) is 7.05 Å². The topological polar surface area (TPSA) is 105 Å². The molecule has 0 atom stereocenters. The number of nitrogens with one attached hydrogen (secondary N) is 2. The summed E-state index contributed by atoms with van der Waals surface area (Å²) in [5.41, 5.74) is -1.34. The van der Waals surface area contributed by atoms with E-state index in [0.29, 0.717) is 37.4 Å². The lowest BCUT2D eigenvalue weighted by Gasteiger charge is -2.31. The summed E-state index contributed by atoms with van der Waals surface area (Å²) in [4.78, 5) is 31.8. The summed E-state index contributed by atoms with van der Waals surface area (Å²) >= 11 is 0. The minimum atomic E-state index is -4.73. The summed E-state index contributed by atoms with van der Waals surface area (Å²) in [5.74, 6) is -1.65. The Kier molecular flexibility index (Phi) is 8.29. The van der Waals surface area contributed by atoms with Gasteiger partial charge in [0.05, 0.1) is 22.4 Å². The largest absolute Gasteiger partial charge is 0.438 e. The highest BCUT2D eigenvalue weighted by Gasteiger charge is 2.39. The first kappa shape index (κ1) is 28.9. The van der Waals surface area contributed by atoms with Gasteiger partial charge in [-0.05, 0) is 80.9 Å². The van der Waals surface area contributed by atoms with E-state index in [-0.39, 0.29) is 28.9 Å². The molecule has 218 valence electrons.